The molecule has 0 atom stereocenters. The van der Waals surface area contributed by atoms with Gasteiger partial charge in [0.2, 0.25) is 5.91 Å². The first-order chi connectivity index (χ1) is 10.6. The minimum absolute atomic E-state index is 0.255. The van der Waals surface area contributed by atoms with Crippen LogP contribution in [0.15, 0.2) is 29.6 Å². The smallest absolute Gasteiger partial charge is 0.262 e. The van der Waals surface area contributed by atoms with Gasteiger partial charge in [0.15, 0.2) is 5.13 Å². The molecule has 1 aliphatic rings. The number of imide groups is 1. The average Bonchev–Trinajstić information content (AvgIpc) is 3.06. The van der Waals surface area contributed by atoms with E-state index in [-0.39, 0.29) is 12.4 Å². The van der Waals surface area contributed by atoms with Gasteiger partial charge in [-0.05, 0) is 12.1 Å². The number of carbonyl (C=O) groups excluding carboxylic acids is 3. The molecule has 1 N–H and O–H groups in total. The third kappa shape index (κ3) is 2.60. The van der Waals surface area contributed by atoms with E-state index in [1.807, 2.05) is 0 Å². The zero-order valence-electron chi connectivity index (χ0n) is 11.2. The van der Waals surface area contributed by atoms with Crippen LogP contribution in [0.25, 0.3) is 0 Å². The van der Waals surface area contributed by atoms with Gasteiger partial charge in [-0.25, -0.2) is 4.98 Å². The first kappa shape index (κ1) is 14.7. The molecule has 22 heavy (non-hydrogen) atoms. The van der Waals surface area contributed by atoms with Crippen molar-refractivity contribution in [1.29, 1.82) is 0 Å². The molecule has 0 fully saturated rings. The van der Waals surface area contributed by atoms with Crippen LogP contribution >= 0.6 is 22.9 Å². The molecule has 1 aliphatic heterocycles. The van der Waals surface area contributed by atoms with Crippen LogP contribution in [0.4, 0.5) is 5.13 Å². The van der Waals surface area contributed by atoms with Crippen molar-refractivity contribution < 1.29 is 14.4 Å². The molecule has 112 valence electrons. The van der Waals surface area contributed by atoms with Crippen LogP contribution in [0.1, 0.15) is 26.4 Å². The van der Waals surface area contributed by atoms with Crippen molar-refractivity contribution in [1.82, 2.24) is 9.88 Å². The number of aromatic nitrogens is 1. The van der Waals surface area contributed by atoms with Crippen molar-refractivity contribution in [3.8, 4) is 0 Å². The molecule has 3 amide bonds. The SMILES string of the molecule is O=C(CN1C(=O)c2ccccc2C1=O)Nc1nc(CCl)cs1. The summed E-state index contributed by atoms with van der Waals surface area (Å²) in [4.78, 5) is 41.3. The molecule has 0 aliphatic carbocycles. The molecule has 2 heterocycles. The van der Waals surface area contributed by atoms with E-state index in [1.165, 1.54) is 11.3 Å². The number of thiazole rings is 1. The summed E-state index contributed by atoms with van der Waals surface area (Å²) in [6, 6.07) is 6.50. The van der Waals surface area contributed by atoms with Crippen molar-refractivity contribution in [2.24, 2.45) is 0 Å². The van der Waals surface area contributed by atoms with Crippen molar-refractivity contribution in [2.75, 3.05) is 11.9 Å². The number of nitrogens with one attached hydrogen (secondary N) is 1. The Balaban J connectivity index is 1.70. The van der Waals surface area contributed by atoms with Gasteiger partial charge in [0.25, 0.3) is 11.8 Å². The van der Waals surface area contributed by atoms with Crippen LogP contribution in [-0.4, -0.2) is 34.2 Å². The topological polar surface area (TPSA) is 79.4 Å². The Hall–Kier alpha value is -2.25. The highest BCUT2D eigenvalue weighted by Gasteiger charge is 2.36. The molecule has 1 aromatic carbocycles. The van der Waals surface area contributed by atoms with Crippen molar-refractivity contribution >= 4 is 45.8 Å². The number of rotatable bonds is 4. The van der Waals surface area contributed by atoms with Crippen LogP contribution in [0.5, 0.6) is 0 Å². The molecule has 0 saturated heterocycles. The van der Waals surface area contributed by atoms with E-state index < -0.39 is 17.7 Å². The first-order valence-electron chi connectivity index (χ1n) is 6.35. The molecule has 0 unspecified atom stereocenters. The van der Waals surface area contributed by atoms with Crippen molar-refractivity contribution in [3.63, 3.8) is 0 Å². The zero-order valence-corrected chi connectivity index (χ0v) is 12.8. The van der Waals surface area contributed by atoms with Gasteiger partial charge in [-0.15, -0.1) is 22.9 Å². The van der Waals surface area contributed by atoms with E-state index in [4.69, 9.17) is 11.6 Å². The number of fused-ring (bicyclic) bond motifs is 1. The maximum Gasteiger partial charge on any atom is 0.262 e. The molecular formula is C14H10ClN3O3S. The summed E-state index contributed by atoms with van der Waals surface area (Å²) >= 11 is 6.87. The fourth-order valence-electron chi connectivity index (χ4n) is 2.11. The van der Waals surface area contributed by atoms with Crippen LogP contribution in [0.3, 0.4) is 0 Å². The van der Waals surface area contributed by atoms with Gasteiger partial charge in [-0.2, -0.15) is 0 Å². The average molecular weight is 336 g/mol. The molecule has 2 aromatic rings. The van der Waals surface area contributed by atoms with E-state index in [0.29, 0.717) is 22.0 Å². The first-order valence-corrected chi connectivity index (χ1v) is 7.77. The Bertz CT molecular complexity index is 739. The molecule has 6 nitrogen and oxygen atoms in total. The monoisotopic (exact) mass is 335 g/mol. The summed E-state index contributed by atoms with van der Waals surface area (Å²) in [6.07, 6.45) is 0. The quantitative estimate of drug-likeness (QED) is 0.685. The maximum atomic E-state index is 12.1. The van der Waals surface area contributed by atoms with Gasteiger partial charge in [-0.1, -0.05) is 12.1 Å². The summed E-state index contributed by atoms with van der Waals surface area (Å²) < 4.78 is 0. The number of carbonyl (C=O) groups is 3. The summed E-state index contributed by atoms with van der Waals surface area (Å²) in [5, 5.41) is 4.67. The summed E-state index contributed by atoms with van der Waals surface area (Å²) in [5.74, 6) is -1.15. The highest BCUT2D eigenvalue weighted by atomic mass is 35.5. The summed E-state index contributed by atoms with van der Waals surface area (Å²) in [7, 11) is 0. The predicted octanol–water partition coefficient (Wildman–Crippen LogP) is 2.12. The Kier molecular flexibility index (Phi) is 3.91. The highest BCUT2D eigenvalue weighted by molar-refractivity contribution is 7.14. The van der Waals surface area contributed by atoms with Gasteiger partial charge in [0, 0.05) is 5.38 Å². The van der Waals surface area contributed by atoms with E-state index in [2.05, 4.69) is 10.3 Å². The standard InChI is InChI=1S/C14H10ClN3O3S/c15-5-8-7-22-14(16-8)17-11(19)6-18-12(20)9-3-1-2-4-10(9)13(18)21/h1-4,7H,5-6H2,(H,16,17,19). The van der Waals surface area contributed by atoms with Gasteiger partial charge < -0.3 is 5.32 Å². The molecule has 0 radical (unpaired) electrons. The molecule has 1 aromatic heterocycles. The molecule has 0 spiro atoms. The van der Waals surface area contributed by atoms with Crippen LogP contribution in [0, 0.1) is 0 Å². The lowest BCUT2D eigenvalue weighted by molar-refractivity contribution is -0.116. The van der Waals surface area contributed by atoms with E-state index in [0.717, 1.165) is 4.90 Å². The minimum Gasteiger partial charge on any atom is -0.300 e. The number of hydrogen-bond acceptors (Lipinski definition) is 5. The van der Waals surface area contributed by atoms with Crippen LogP contribution in [-0.2, 0) is 10.7 Å². The highest BCUT2D eigenvalue weighted by Crippen LogP contribution is 2.22. The fourth-order valence-corrected chi connectivity index (χ4v) is 3.07. The van der Waals surface area contributed by atoms with Gasteiger partial charge in [0.05, 0.1) is 22.7 Å². The predicted molar refractivity (Wildman–Crippen MR) is 82.1 cm³/mol. The number of hydrogen-bond donors (Lipinski definition) is 1. The second-order valence-corrected chi connectivity index (χ2v) is 5.69. The largest absolute Gasteiger partial charge is 0.300 e. The Morgan fingerprint density at radius 1 is 1.23 bits per heavy atom. The second-order valence-electron chi connectivity index (χ2n) is 4.57. The van der Waals surface area contributed by atoms with Crippen LogP contribution < -0.4 is 5.32 Å². The molecule has 3 rings (SSSR count). The second kappa shape index (κ2) is 5.86. The zero-order chi connectivity index (χ0) is 15.7. The lowest BCUT2D eigenvalue weighted by Gasteiger charge is -2.12. The molecule has 0 bridgehead atoms. The number of anilines is 1. The molecule has 8 heteroatoms. The van der Waals surface area contributed by atoms with Crippen molar-refractivity contribution in [2.45, 2.75) is 5.88 Å². The van der Waals surface area contributed by atoms with E-state index in [9.17, 15) is 14.4 Å². The summed E-state index contributed by atoms with van der Waals surface area (Å²) in [5.41, 5.74) is 1.29. The van der Waals surface area contributed by atoms with Gasteiger partial charge in [0.1, 0.15) is 6.54 Å². The Morgan fingerprint density at radius 2 is 1.86 bits per heavy atom. The van der Waals surface area contributed by atoms with Gasteiger partial charge in [-0.3, -0.25) is 19.3 Å². The number of nitrogens with zero attached hydrogens (tertiary/aromatic N) is 2. The lowest BCUT2D eigenvalue weighted by atomic mass is 10.1. The number of benzene rings is 1. The normalized spacial score (nSPS) is 13.4. The third-order valence-corrected chi connectivity index (χ3v) is 4.20. The van der Waals surface area contributed by atoms with Gasteiger partial charge >= 0.3 is 0 Å². The molecule has 0 saturated carbocycles. The fraction of sp³-hybridized carbons (Fsp3) is 0.143. The van der Waals surface area contributed by atoms with E-state index in [1.54, 1.807) is 29.6 Å². The number of amides is 3. The third-order valence-electron chi connectivity index (χ3n) is 3.11. The summed E-state index contributed by atoms with van der Waals surface area (Å²) in [6.45, 7) is -0.345. The molecular weight excluding hydrogens is 326 g/mol. The number of halogens is 1. The van der Waals surface area contributed by atoms with Crippen LogP contribution in [0.2, 0.25) is 0 Å². The maximum absolute atomic E-state index is 12.1. The number of alkyl halides is 1. The minimum atomic E-state index is -0.482. The van der Waals surface area contributed by atoms with Crippen molar-refractivity contribution in [3.05, 3.63) is 46.5 Å². The lowest BCUT2D eigenvalue weighted by Crippen LogP contribution is -2.37. The Labute approximate surface area is 134 Å². The Morgan fingerprint density at radius 3 is 2.41 bits per heavy atom. The van der Waals surface area contributed by atoms with E-state index >= 15 is 0 Å².